The van der Waals surface area contributed by atoms with Gasteiger partial charge in [-0.25, -0.2) is 0 Å². The molecule has 0 saturated heterocycles. The van der Waals surface area contributed by atoms with E-state index in [1.54, 1.807) is 0 Å². The number of hydrogen-bond acceptors (Lipinski definition) is 2. The molecule has 7 aromatic carbocycles. The van der Waals surface area contributed by atoms with Gasteiger partial charge >= 0.3 is 0 Å². The van der Waals surface area contributed by atoms with E-state index in [2.05, 4.69) is 158 Å². The zero-order chi connectivity index (χ0) is 30.7. The second kappa shape index (κ2) is 13.5. The molecule has 0 aliphatic rings. The first-order valence-electron chi connectivity index (χ1n) is 15.5. The molecule has 1 radical (unpaired) electrons. The predicted molar refractivity (Wildman–Crippen MR) is 191 cm³/mol. The summed E-state index contributed by atoms with van der Waals surface area (Å²) in [5, 5.41) is 12.2. The standard InChI is InChI=1S/C44H29N2.Ir/c1-7-19-31(20-8-1)37-38(32-21-9-2-10-22-32)40(34-25-13-4-14-26-34)42-41(39(37)33-23-11-3-12-24-33)43(35-27-15-5-16-28-35)45-46-44(42)36-29-17-6-18-30-36;/h1-29H;/q-1;. The quantitative estimate of drug-likeness (QED) is 0.157. The summed E-state index contributed by atoms with van der Waals surface area (Å²) in [6, 6.07) is 65.0. The Labute approximate surface area is 288 Å². The molecule has 47 heavy (non-hydrogen) atoms. The van der Waals surface area contributed by atoms with Crippen LogP contribution in [0.4, 0.5) is 0 Å². The minimum atomic E-state index is 0. The van der Waals surface area contributed by atoms with Crippen molar-refractivity contribution < 1.29 is 20.1 Å². The van der Waals surface area contributed by atoms with Crippen molar-refractivity contribution in [3.63, 3.8) is 0 Å². The van der Waals surface area contributed by atoms with Gasteiger partial charge in [0.2, 0.25) is 0 Å². The van der Waals surface area contributed by atoms with E-state index in [0.29, 0.717) is 0 Å². The van der Waals surface area contributed by atoms with Crippen molar-refractivity contribution in [3.8, 4) is 67.0 Å². The van der Waals surface area contributed by atoms with Crippen molar-refractivity contribution in [1.82, 2.24) is 10.2 Å². The van der Waals surface area contributed by atoms with Gasteiger partial charge in [0.1, 0.15) is 0 Å². The fourth-order valence-electron chi connectivity index (χ4n) is 6.52. The van der Waals surface area contributed by atoms with Crippen LogP contribution in [0.1, 0.15) is 0 Å². The zero-order valence-corrected chi connectivity index (χ0v) is 27.9. The van der Waals surface area contributed by atoms with Crippen LogP contribution in [0, 0.1) is 6.07 Å². The van der Waals surface area contributed by atoms with E-state index in [-0.39, 0.29) is 20.1 Å². The second-order valence-corrected chi connectivity index (χ2v) is 11.3. The summed E-state index contributed by atoms with van der Waals surface area (Å²) in [7, 11) is 0. The fourth-order valence-corrected chi connectivity index (χ4v) is 6.52. The van der Waals surface area contributed by atoms with Crippen LogP contribution >= 0.6 is 0 Å². The van der Waals surface area contributed by atoms with Gasteiger partial charge in [-0.3, -0.25) is 0 Å². The molecule has 0 spiro atoms. The molecule has 0 N–H and O–H groups in total. The Kier molecular flexibility index (Phi) is 8.66. The third kappa shape index (κ3) is 5.61. The van der Waals surface area contributed by atoms with Gasteiger partial charge in [0.15, 0.2) is 0 Å². The first-order valence-corrected chi connectivity index (χ1v) is 15.5. The van der Waals surface area contributed by atoms with Gasteiger partial charge in [0.05, 0.1) is 5.69 Å². The van der Waals surface area contributed by atoms with Crippen molar-refractivity contribution in [2.45, 2.75) is 0 Å². The third-order valence-electron chi connectivity index (χ3n) is 8.48. The Hall–Kier alpha value is -5.47. The molecule has 0 bridgehead atoms. The van der Waals surface area contributed by atoms with E-state index in [4.69, 9.17) is 10.2 Å². The number of hydrogen-bond donors (Lipinski definition) is 0. The second-order valence-electron chi connectivity index (χ2n) is 11.3. The van der Waals surface area contributed by atoms with Crippen LogP contribution in [0.5, 0.6) is 0 Å². The molecule has 1 aromatic heterocycles. The molecule has 0 fully saturated rings. The van der Waals surface area contributed by atoms with Gasteiger partial charge in [-0.05, 0) is 49.9 Å². The number of fused-ring (bicyclic) bond motifs is 1. The van der Waals surface area contributed by atoms with E-state index in [1.165, 1.54) is 0 Å². The Morgan fingerprint density at radius 1 is 0.319 bits per heavy atom. The van der Waals surface area contributed by atoms with Crippen LogP contribution in [-0.2, 0) is 20.1 Å². The molecule has 1 heterocycles. The molecular weight excluding hydrogens is 749 g/mol. The third-order valence-corrected chi connectivity index (χ3v) is 8.48. The SMILES string of the molecule is [Ir].[c-]1ccccc1-c1nnc(-c2ccccc2)c2c(-c3ccccc3)c(-c3ccccc3)c(-c3ccccc3)c(-c3ccccc3)c12. The van der Waals surface area contributed by atoms with Gasteiger partial charge in [-0.15, -0.1) is 35.9 Å². The molecule has 0 saturated carbocycles. The smallest absolute Gasteiger partial charge is 0.0997 e. The van der Waals surface area contributed by atoms with Gasteiger partial charge in [0, 0.05) is 36.7 Å². The molecule has 225 valence electrons. The molecule has 0 aliphatic heterocycles. The summed E-state index contributed by atoms with van der Waals surface area (Å²) < 4.78 is 0. The van der Waals surface area contributed by atoms with Crippen molar-refractivity contribution in [3.05, 3.63) is 182 Å². The van der Waals surface area contributed by atoms with Crippen LogP contribution in [0.25, 0.3) is 77.8 Å². The molecule has 0 aliphatic carbocycles. The van der Waals surface area contributed by atoms with Gasteiger partial charge in [-0.1, -0.05) is 152 Å². The zero-order valence-electron chi connectivity index (χ0n) is 25.5. The molecule has 0 atom stereocenters. The predicted octanol–water partition coefficient (Wildman–Crippen LogP) is 11.4. The minimum absolute atomic E-state index is 0. The number of rotatable bonds is 6. The van der Waals surface area contributed by atoms with Crippen molar-refractivity contribution in [1.29, 1.82) is 0 Å². The molecule has 8 aromatic rings. The molecule has 0 amide bonds. The van der Waals surface area contributed by atoms with Crippen molar-refractivity contribution in [2.75, 3.05) is 0 Å². The summed E-state index contributed by atoms with van der Waals surface area (Å²) in [6.07, 6.45) is 0. The maximum Gasteiger partial charge on any atom is 0.0997 e. The van der Waals surface area contributed by atoms with E-state index in [1.807, 2.05) is 24.3 Å². The molecular formula is C44H29IrN2-. The minimum Gasteiger partial charge on any atom is -0.200 e. The maximum atomic E-state index is 5.04. The van der Waals surface area contributed by atoms with E-state index >= 15 is 0 Å². The Morgan fingerprint density at radius 2 is 0.660 bits per heavy atom. The van der Waals surface area contributed by atoms with Gasteiger partial charge in [-0.2, -0.15) is 10.2 Å². The number of aromatic nitrogens is 2. The van der Waals surface area contributed by atoms with Crippen molar-refractivity contribution in [2.24, 2.45) is 0 Å². The normalized spacial score (nSPS) is 10.8. The van der Waals surface area contributed by atoms with E-state index < -0.39 is 0 Å². The van der Waals surface area contributed by atoms with Crippen LogP contribution in [0.2, 0.25) is 0 Å². The average Bonchev–Trinajstić information content (AvgIpc) is 3.15. The summed E-state index contributed by atoms with van der Waals surface area (Å²) >= 11 is 0. The van der Waals surface area contributed by atoms with Crippen LogP contribution < -0.4 is 0 Å². The van der Waals surface area contributed by atoms with Gasteiger partial charge in [0.25, 0.3) is 0 Å². The van der Waals surface area contributed by atoms with Gasteiger partial charge < -0.3 is 0 Å². The Bertz CT molecular complexity index is 2090. The summed E-state index contributed by atoms with van der Waals surface area (Å²) in [5.41, 5.74) is 12.7. The number of nitrogens with zero attached hydrogens (tertiary/aromatic N) is 2. The molecule has 2 nitrogen and oxygen atoms in total. The maximum absolute atomic E-state index is 5.04. The number of benzene rings is 7. The largest absolute Gasteiger partial charge is 0.200 e. The van der Waals surface area contributed by atoms with Crippen LogP contribution in [0.15, 0.2) is 176 Å². The summed E-state index contributed by atoms with van der Waals surface area (Å²) in [5.74, 6) is 0. The average molecular weight is 778 g/mol. The Morgan fingerprint density at radius 3 is 1.06 bits per heavy atom. The monoisotopic (exact) mass is 778 g/mol. The van der Waals surface area contributed by atoms with E-state index in [9.17, 15) is 0 Å². The van der Waals surface area contributed by atoms with Crippen LogP contribution in [-0.4, -0.2) is 10.2 Å². The molecule has 3 heteroatoms. The fraction of sp³-hybridized carbons (Fsp3) is 0. The van der Waals surface area contributed by atoms with E-state index in [0.717, 1.165) is 77.8 Å². The first-order chi connectivity index (χ1) is 22.9. The molecule has 0 unspecified atom stereocenters. The van der Waals surface area contributed by atoms with Crippen LogP contribution in [0.3, 0.4) is 0 Å². The summed E-state index contributed by atoms with van der Waals surface area (Å²) in [4.78, 5) is 0. The first kappa shape index (κ1) is 30.2. The Balaban J connectivity index is 0.00000351. The molecule has 8 rings (SSSR count). The summed E-state index contributed by atoms with van der Waals surface area (Å²) in [6.45, 7) is 0. The van der Waals surface area contributed by atoms with Crippen molar-refractivity contribution >= 4 is 10.8 Å². The topological polar surface area (TPSA) is 25.8 Å².